The van der Waals surface area contributed by atoms with E-state index in [1.54, 1.807) is 11.3 Å². The number of hydrogen-bond acceptors (Lipinski definition) is 3. The maximum Gasteiger partial charge on any atom is 0.190 e. The Hall–Kier alpha value is -1.88. The number of aliphatic hydroxyl groups is 1. The first kappa shape index (κ1) is 17.0. The zero-order valence-corrected chi connectivity index (χ0v) is 15.2. The molecule has 1 heterocycles. The molecule has 0 spiro atoms. The van der Waals surface area contributed by atoms with Crippen LogP contribution in [0.25, 0.3) is 11.3 Å². The highest BCUT2D eigenvalue weighted by Gasteiger charge is 2.09. The maximum atomic E-state index is 9.46. The molecule has 2 aromatic carbocycles. The fourth-order valence-electron chi connectivity index (χ4n) is 2.49. The molecule has 0 unspecified atom stereocenters. The summed E-state index contributed by atoms with van der Waals surface area (Å²) in [5.41, 5.74) is 5.59. The van der Waals surface area contributed by atoms with Crippen molar-refractivity contribution in [2.75, 3.05) is 6.61 Å². The van der Waals surface area contributed by atoms with E-state index in [9.17, 15) is 5.11 Å². The second kappa shape index (κ2) is 7.34. The average molecular weight is 359 g/mol. The van der Waals surface area contributed by atoms with Crippen molar-refractivity contribution in [2.24, 2.45) is 4.99 Å². The molecule has 0 bridgehead atoms. The van der Waals surface area contributed by atoms with Gasteiger partial charge < -0.3 is 9.67 Å². The Morgan fingerprint density at radius 3 is 2.50 bits per heavy atom. The first-order chi connectivity index (χ1) is 11.6. The van der Waals surface area contributed by atoms with Crippen LogP contribution in [0.2, 0.25) is 5.02 Å². The lowest BCUT2D eigenvalue weighted by Crippen LogP contribution is -2.17. The minimum Gasteiger partial charge on any atom is -0.395 e. The Kier molecular flexibility index (Phi) is 5.19. The van der Waals surface area contributed by atoms with Crippen LogP contribution >= 0.6 is 22.9 Å². The van der Waals surface area contributed by atoms with Crippen molar-refractivity contribution in [3.63, 3.8) is 0 Å². The van der Waals surface area contributed by atoms with Crippen molar-refractivity contribution in [1.29, 1.82) is 0 Å². The van der Waals surface area contributed by atoms with E-state index in [0.29, 0.717) is 11.6 Å². The summed E-state index contributed by atoms with van der Waals surface area (Å²) >= 11 is 7.50. The van der Waals surface area contributed by atoms with Crippen LogP contribution in [0.3, 0.4) is 0 Å². The molecule has 0 amide bonds. The second-order valence-electron chi connectivity index (χ2n) is 5.67. The first-order valence-electron chi connectivity index (χ1n) is 7.75. The molecule has 124 valence electrons. The number of benzene rings is 2. The number of rotatable bonds is 4. The number of hydrogen-bond donors (Lipinski definition) is 1. The molecular weight excluding hydrogens is 340 g/mol. The lowest BCUT2D eigenvalue weighted by Gasteiger charge is -2.09. The molecule has 0 fully saturated rings. The molecule has 3 nitrogen and oxygen atoms in total. The van der Waals surface area contributed by atoms with E-state index in [4.69, 9.17) is 16.6 Å². The normalized spacial score (nSPS) is 11.9. The van der Waals surface area contributed by atoms with Gasteiger partial charge in [-0.15, -0.1) is 11.3 Å². The lowest BCUT2D eigenvalue weighted by molar-refractivity contribution is 0.275. The molecular formula is C19H19ClN2OS. The third-order valence-corrected chi connectivity index (χ3v) is 5.09. The van der Waals surface area contributed by atoms with Gasteiger partial charge in [0.1, 0.15) is 0 Å². The van der Waals surface area contributed by atoms with Crippen LogP contribution in [-0.2, 0) is 6.54 Å². The maximum absolute atomic E-state index is 9.46. The second-order valence-corrected chi connectivity index (χ2v) is 6.94. The summed E-state index contributed by atoms with van der Waals surface area (Å²) in [6, 6.07) is 13.9. The average Bonchev–Trinajstić information content (AvgIpc) is 2.95. The number of nitrogens with zero attached hydrogens (tertiary/aromatic N) is 2. The molecule has 5 heteroatoms. The number of aryl methyl sites for hydroxylation is 2. The zero-order chi connectivity index (χ0) is 17.1. The van der Waals surface area contributed by atoms with Crippen molar-refractivity contribution in [1.82, 2.24) is 4.57 Å². The Bertz CT molecular complexity index is 910. The Morgan fingerprint density at radius 1 is 1.08 bits per heavy atom. The van der Waals surface area contributed by atoms with Gasteiger partial charge in [-0.3, -0.25) is 0 Å². The standard InChI is InChI=1S/C19H19ClN2OS/c1-13-3-4-15(11-14(13)2)18-12-24-19(22(18)9-10-23)21-17-7-5-16(20)6-8-17/h3-8,11-12,23H,9-10H2,1-2H3. The Morgan fingerprint density at radius 2 is 1.83 bits per heavy atom. The van der Waals surface area contributed by atoms with E-state index in [1.165, 1.54) is 11.1 Å². The summed E-state index contributed by atoms with van der Waals surface area (Å²) in [5.74, 6) is 0. The lowest BCUT2D eigenvalue weighted by atomic mass is 10.0. The molecule has 1 N–H and O–H groups in total. The number of aromatic nitrogens is 1. The molecule has 0 atom stereocenters. The van der Waals surface area contributed by atoms with Crippen molar-refractivity contribution >= 4 is 28.6 Å². The summed E-state index contributed by atoms with van der Waals surface area (Å²) in [6.07, 6.45) is 0. The van der Waals surface area contributed by atoms with Crippen LogP contribution in [-0.4, -0.2) is 16.3 Å². The van der Waals surface area contributed by atoms with E-state index in [1.807, 2.05) is 24.3 Å². The number of thiazole rings is 1. The molecule has 0 aliphatic heterocycles. The van der Waals surface area contributed by atoms with Crippen molar-refractivity contribution in [2.45, 2.75) is 20.4 Å². The van der Waals surface area contributed by atoms with Crippen LogP contribution in [0.1, 0.15) is 11.1 Å². The van der Waals surface area contributed by atoms with E-state index in [2.05, 4.69) is 42.0 Å². The summed E-state index contributed by atoms with van der Waals surface area (Å²) in [5, 5.41) is 12.2. The summed E-state index contributed by atoms with van der Waals surface area (Å²) in [6.45, 7) is 4.80. The van der Waals surface area contributed by atoms with Crippen molar-refractivity contribution in [3.05, 3.63) is 68.8 Å². The van der Waals surface area contributed by atoms with Crippen LogP contribution in [0.4, 0.5) is 5.69 Å². The van der Waals surface area contributed by atoms with E-state index in [0.717, 1.165) is 21.7 Å². The van der Waals surface area contributed by atoms with Gasteiger partial charge in [0, 0.05) is 16.9 Å². The Labute approximate surface area is 150 Å². The van der Waals surface area contributed by atoms with Gasteiger partial charge in [0.25, 0.3) is 0 Å². The minimum atomic E-state index is 0.0718. The van der Waals surface area contributed by atoms with Crippen LogP contribution < -0.4 is 4.80 Å². The molecule has 0 saturated carbocycles. The van der Waals surface area contributed by atoms with Crippen LogP contribution in [0.15, 0.2) is 52.8 Å². The third kappa shape index (κ3) is 3.61. The number of aliphatic hydroxyl groups excluding tert-OH is 1. The molecule has 0 saturated heterocycles. The smallest absolute Gasteiger partial charge is 0.190 e. The fraction of sp³-hybridized carbons (Fsp3) is 0.211. The number of halogens is 1. The molecule has 0 radical (unpaired) electrons. The van der Waals surface area contributed by atoms with Gasteiger partial charge in [-0.2, -0.15) is 0 Å². The topological polar surface area (TPSA) is 37.5 Å². The summed E-state index contributed by atoms with van der Waals surface area (Å²) < 4.78 is 2.06. The van der Waals surface area contributed by atoms with Gasteiger partial charge in [-0.1, -0.05) is 23.7 Å². The zero-order valence-electron chi connectivity index (χ0n) is 13.7. The SMILES string of the molecule is Cc1ccc(-c2csc(=Nc3ccc(Cl)cc3)n2CCO)cc1C. The fourth-order valence-corrected chi connectivity index (χ4v) is 3.57. The molecule has 3 aromatic rings. The van der Waals surface area contributed by atoms with E-state index >= 15 is 0 Å². The molecule has 1 aromatic heterocycles. The van der Waals surface area contributed by atoms with Crippen molar-refractivity contribution < 1.29 is 5.11 Å². The van der Waals surface area contributed by atoms with Gasteiger partial charge in [0.15, 0.2) is 4.80 Å². The third-order valence-electron chi connectivity index (χ3n) is 3.98. The highest BCUT2D eigenvalue weighted by Crippen LogP contribution is 2.23. The molecule has 0 aliphatic carbocycles. The predicted molar refractivity (Wildman–Crippen MR) is 101 cm³/mol. The van der Waals surface area contributed by atoms with Gasteiger partial charge in [0.05, 0.1) is 18.0 Å². The van der Waals surface area contributed by atoms with Crippen LogP contribution in [0.5, 0.6) is 0 Å². The van der Waals surface area contributed by atoms with Gasteiger partial charge >= 0.3 is 0 Å². The predicted octanol–water partition coefficient (Wildman–Crippen LogP) is 4.71. The summed E-state index contributed by atoms with van der Waals surface area (Å²) in [4.78, 5) is 5.56. The highest BCUT2D eigenvalue weighted by molar-refractivity contribution is 7.07. The first-order valence-corrected chi connectivity index (χ1v) is 9.01. The highest BCUT2D eigenvalue weighted by atomic mass is 35.5. The van der Waals surface area contributed by atoms with Crippen LogP contribution in [0, 0.1) is 13.8 Å². The van der Waals surface area contributed by atoms with Gasteiger partial charge in [-0.05, 0) is 60.9 Å². The largest absolute Gasteiger partial charge is 0.395 e. The van der Waals surface area contributed by atoms with Gasteiger partial charge in [-0.25, -0.2) is 4.99 Å². The molecule has 24 heavy (non-hydrogen) atoms. The monoisotopic (exact) mass is 358 g/mol. The van der Waals surface area contributed by atoms with Crippen molar-refractivity contribution in [3.8, 4) is 11.3 Å². The minimum absolute atomic E-state index is 0.0718. The van der Waals surface area contributed by atoms with E-state index in [-0.39, 0.29) is 6.61 Å². The van der Waals surface area contributed by atoms with E-state index < -0.39 is 0 Å². The Balaban J connectivity index is 2.10. The van der Waals surface area contributed by atoms with Gasteiger partial charge in [0.2, 0.25) is 0 Å². The molecule has 3 rings (SSSR count). The summed E-state index contributed by atoms with van der Waals surface area (Å²) in [7, 11) is 0. The quantitative estimate of drug-likeness (QED) is 0.720. The molecule has 0 aliphatic rings.